The molecule has 56 heavy (non-hydrogen) atoms. The van der Waals surface area contributed by atoms with Crippen LogP contribution in [-0.4, -0.2) is 79.2 Å². The van der Waals surface area contributed by atoms with Gasteiger partial charge < -0.3 is 10.2 Å². The van der Waals surface area contributed by atoms with E-state index < -0.39 is 29.7 Å². The molecule has 8 rings (SSSR count). The predicted molar refractivity (Wildman–Crippen MR) is 205 cm³/mol. The van der Waals surface area contributed by atoms with Crippen molar-refractivity contribution in [1.29, 1.82) is 0 Å². The Labute approximate surface area is 320 Å². The molecule has 1 saturated carbocycles. The fraction of sp³-hybridized carbons (Fsp3) is 0.450. The first-order valence-electron chi connectivity index (χ1n) is 19.3. The number of nitrogens with one attached hydrogen (secondary N) is 2. The quantitative estimate of drug-likeness (QED) is 0.199. The Morgan fingerprint density at radius 2 is 1.71 bits per heavy atom. The van der Waals surface area contributed by atoms with Crippen LogP contribution in [0.25, 0.3) is 21.9 Å². The molecule has 3 aliphatic rings. The van der Waals surface area contributed by atoms with Crippen molar-refractivity contribution in [3.05, 3.63) is 82.2 Å². The lowest BCUT2D eigenvalue weighted by molar-refractivity contribution is -0.141. The number of hydrogen-bond acceptors (Lipinski definition) is 8. The van der Waals surface area contributed by atoms with Crippen LogP contribution in [0.2, 0.25) is 0 Å². The number of hydrogen-bond donors (Lipinski definition) is 2. The number of aryl methyl sites for hydroxylation is 2. The number of amides is 3. The molecule has 5 heterocycles. The van der Waals surface area contributed by atoms with Gasteiger partial charge in [-0.25, -0.2) is 9.78 Å². The van der Waals surface area contributed by atoms with Crippen LogP contribution in [0.4, 0.5) is 24.5 Å². The predicted octanol–water partition coefficient (Wildman–Crippen LogP) is 5.45. The Balaban J connectivity index is 0.877. The summed E-state index contributed by atoms with van der Waals surface area (Å²) in [6.45, 7) is 6.37. The number of nitrogens with zero attached hydrogens (tertiary/aromatic N) is 7. The Kier molecular flexibility index (Phi) is 9.93. The molecule has 1 unspecified atom stereocenters. The summed E-state index contributed by atoms with van der Waals surface area (Å²) in [5, 5.41) is 10.9. The number of alkyl halides is 3. The number of imidazole rings is 1. The van der Waals surface area contributed by atoms with Gasteiger partial charge in [-0.2, -0.15) is 18.3 Å². The van der Waals surface area contributed by atoms with Crippen molar-refractivity contribution in [2.75, 3.05) is 42.9 Å². The maximum Gasteiger partial charge on any atom is 0.433 e. The van der Waals surface area contributed by atoms with E-state index in [-0.39, 0.29) is 29.8 Å². The van der Waals surface area contributed by atoms with Crippen LogP contribution in [0, 0.1) is 5.92 Å². The maximum absolute atomic E-state index is 13.4. The van der Waals surface area contributed by atoms with E-state index in [2.05, 4.69) is 25.4 Å². The first-order valence-corrected chi connectivity index (χ1v) is 19.3. The van der Waals surface area contributed by atoms with Crippen LogP contribution in [0.1, 0.15) is 79.3 Å². The molecular weight excluding hydrogens is 727 g/mol. The molecular formula is C40H44F3N9O4. The zero-order valence-electron chi connectivity index (χ0n) is 31.3. The number of anilines is 2. The van der Waals surface area contributed by atoms with Gasteiger partial charge in [0.2, 0.25) is 11.8 Å². The number of fused-ring (bicyclic) bond motifs is 2. The molecule has 5 aromatic rings. The van der Waals surface area contributed by atoms with E-state index >= 15 is 0 Å². The second-order valence-electron chi connectivity index (χ2n) is 15.2. The molecule has 0 bridgehead atoms. The molecule has 0 spiro atoms. The smallest absolute Gasteiger partial charge is 0.367 e. The first kappa shape index (κ1) is 37.4. The van der Waals surface area contributed by atoms with Gasteiger partial charge in [0.15, 0.2) is 0 Å². The van der Waals surface area contributed by atoms with E-state index in [1.54, 1.807) is 11.6 Å². The summed E-state index contributed by atoms with van der Waals surface area (Å²) in [5.41, 5.74) is 2.93. The number of carbonyl (C=O) groups excluding carboxylic acids is 3. The molecule has 3 fully saturated rings. The lowest BCUT2D eigenvalue weighted by Gasteiger charge is -2.39. The molecule has 1 aliphatic carbocycles. The van der Waals surface area contributed by atoms with Crippen molar-refractivity contribution in [2.45, 2.75) is 70.1 Å². The third-order valence-corrected chi connectivity index (χ3v) is 11.7. The molecule has 0 radical (unpaired) electrons. The highest BCUT2D eigenvalue weighted by Gasteiger charge is 2.34. The van der Waals surface area contributed by atoms with Gasteiger partial charge in [-0.3, -0.25) is 38.4 Å². The van der Waals surface area contributed by atoms with Crippen molar-refractivity contribution in [1.82, 2.24) is 34.1 Å². The molecule has 2 aromatic carbocycles. The highest BCUT2D eigenvalue weighted by molar-refractivity contribution is 6.04. The minimum absolute atomic E-state index is 0.198. The van der Waals surface area contributed by atoms with Crippen LogP contribution in [0.5, 0.6) is 0 Å². The number of aromatic nitrogens is 5. The number of pyridine rings is 1. The zero-order valence-corrected chi connectivity index (χ0v) is 31.3. The highest BCUT2D eigenvalue weighted by Crippen LogP contribution is 2.35. The van der Waals surface area contributed by atoms with Gasteiger partial charge in [0.25, 0.3) is 5.91 Å². The standard InChI is InChI=1S/C40H44F3N9O4/c1-3-25-20-30-26(21-29(25)45-37(54)28-6-4-9-34(44-28)40(41,42)43)23-51(47-30)27-12-10-24(11-13-27)22-49-16-18-50(19-17-49)31-7-5-8-32-36(31)48(2)39(56)52(32)33-14-15-35(53)46-38(33)55/h4-9,20-21,23-24,27,33H,3,10-19,22H2,1-2H3,(H,45,54)(H,46,53,55). The van der Waals surface area contributed by atoms with E-state index in [9.17, 15) is 32.3 Å². The number of halogens is 3. The molecule has 1 atom stereocenters. The monoisotopic (exact) mass is 771 g/mol. The Hall–Kier alpha value is -5.51. The molecule has 294 valence electrons. The highest BCUT2D eigenvalue weighted by atomic mass is 19.4. The SMILES string of the molecule is CCc1cc2nn(C3CCC(CN4CCN(c5cccc6c5n(C)c(=O)n6C5CCC(=O)NC5=O)CC4)CC3)cc2cc1NC(=O)c1cccc(C(F)(F)F)n1. The second-order valence-corrected chi connectivity index (χ2v) is 15.2. The third-order valence-electron chi connectivity index (χ3n) is 11.7. The summed E-state index contributed by atoms with van der Waals surface area (Å²) in [4.78, 5) is 59.2. The fourth-order valence-corrected chi connectivity index (χ4v) is 8.67. The number of piperazine rings is 1. The van der Waals surface area contributed by atoms with Gasteiger partial charge in [-0.05, 0) is 86.4 Å². The van der Waals surface area contributed by atoms with Gasteiger partial charge in [0.1, 0.15) is 17.4 Å². The van der Waals surface area contributed by atoms with Crippen LogP contribution in [-0.2, 0) is 29.2 Å². The lowest BCUT2D eigenvalue weighted by Crippen LogP contribution is -2.48. The minimum Gasteiger partial charge on any atom is -0.367 e. The van der Waals surface area contributed by atoms with Crippen molar-refractivity contribution in [3.8, 4) is 0 Å². The van der Waals surface area contributed by atoms with Crippen molar-refractivity contribution >= 4 is 51.0 Å². The summed E-state index contributed by atoms with van der Waals surface area (Å²) >= 11 is 0. The molecule has 3 amide bonds. The van der Waals surface area contributed by atoms with Crippen molar-refractivity contribution in [2.24, 2.45) is 13.0 Å². The molecule has 13 nitrogen and oxygen atoms in total. The molecule has 3 aromatic heterocycles. The van der Waals surface area contributed by atoms with E-state index in [0.29, 0.717) is 30.0 Å². The fourth-order valence-electron chi connectivity index (χ4n) is 8.67. The topological polar surface area (TPSA) is 139 Å². The number of rotatable bonds is 8. The van der Waals surface area contributed by atoms with E-state index in [4.69, 9.17) is 5.10 Å². The summed E-state index contributed by atoms with van der Waals surface area (Å²) in [7, 11) is 1.74. The Morgan fingerprint density at radius 1 is 0.964 bits per heavy atom. The Bertz CT molecular complexity index is 2380. The molecule has 2 saturated heterocycles. The first-order chi connectivity index (χ1) is 26.9. The number of para-hydroxylation sites is 1. The maximum atomic E-state index is 13.4. The number of imide groups is 1. The third kappa shape index (κ3) is 7.17. The summed E-state index contributed by atoms with van der Waals surface area (Å²) in [6.07, 6.45) is 2.56. The number of benzene rings is 2. The lowest BCUT2D eigenvalue weighted by atomic mass is 9.85. The van der Waals surface area contributed by atoms with E-state index in [0.717, 1.165) is 92.1 Å². The van der Waals surface area contributed by atoms with Crippen LogP contribution in [0.3, 0.4) is 0 Å². The largest absolute Gasteiger partial charge is 0.433 e. The molecule has 2 N–H and O–H groups in total. The van der Waals surface area contributed by atoms with Gasteiger partial charge in [-0.1, -0.05) is 19.1 Å². The number of carbonyl (C=O) groups is 3. The summed E-state index contributed by atoms with van der Waals surface area (Å²) in [6, 6.07) is 12.4. The van der Waals surface area contributed by atoms with Crippen LogP contribution < -0.4 is 21.2 Å². The summed E-state index contributed by atoms with van der Waals surface area (Å²) < 4.78 is 44.7. The van der Waals surface area contributed by atoms with Crippen molar-refractivity contribution in [3.63, 3.8) is 0 Å². The van der Waals surface area contributed by atoms with Crippen molar-refractivity contribution < 1.29 is 27.6 Å². The molecule has 16 heteroatoms. The van der Waals surface area contributed by atoms with Gasteiger partial charge in [0.05, 0.1) is 28.3 Å². The second kappa shape index (κ2) is 14.9. The van der Waals surface area contributed by atoms with Gasteiger partial charge in [0, 0.05) is 63.5 Å². The number of piperidine rings is 1. The average molecular weight is 772 g/mol. The minimum atomic E-state index is -4.65. The average Bonchev–Trinajstić information content (AvgIpc) is 3.72. The van der Waals surface area contributed by atoms with Gasteiger partial charge >= 0.3 is 11.9 Å². The zero-order chi connectivity index (χ0) is 39.3. The van der Waals surface area contributed by atoms with E-state index in [1.807, 2.05) is 48.1 Å². The summed E-state index contributed by atoms with van der Waals surface area (Å²) in [5.74, 6) is -0.898. The molecule has 2 aliphatic heterocycles. The van der Waals surface area contributed by atoms with Gasteiger partial charge in [-0.15, -0.1) is 0 Å². The van der Waals surface area contributed by atoms with E-state index in [1.165, 1.54) is 16.7 Å². The normalized spacial score (nSPS) is 21.2. The van der Waals surface area contributed by atoms with Crippen LogP contribution in [0.15, 0.2) is 59.5 Å². The van der Waals surface area contributed by atoms with Crippen LogP contribution >= 0.6 is 0 Å². The Morgan fingerprint density at radius 3 is 2.43 bits per heavy atom.